The highest BCUT2D eigenvalue weighted by Crippen LogP contribution is 2.26. The Morgan fingerprint density at radius 3 is 2.48 bits per heavy atom. The maximum Gasteiger partial charge on any atom is 0.215 e. The van der Waals surface area contributed by atoms with E-state index in [0.29, 0.717) is 37.7 Å². The van der Waals surface area contributed by atoms with E-state index < -0.39 is 10.0 Å². The second-order valence-electron chi connectivity index (χ2n) is 5.01. The van der Waals surface area contributed by atoms with Gasteiger partial charge in [-0.05, 0) is 18.7 Å². The minimum absolute atomic E-state index is 0.160. The third kappa shape index (κ3) is 4.32. The van der Waals surface area contributed by atoms with Crippen LogP contribution >= 0.6 is 11.6 Å². The van der Waals surface area contributed by atoms with Crippen LogP contribution < -0.4 is 10.2 Å². The molecule has 0 atom stereocenters. The summed E-state index contributed by atoms with van der Waals surface area (Å²) >= 11 is 6.19. The van der Waals surface area contributed by atoms with Gasteiger partial charge in [-0.25, -0.2) is 8.42 Å². The molecule has 0 bridgehead atoms. The van der Waals surface area contributed by atoms with Crippen molar-refractivity contribution >= 4 is 27.3 Å². The van der Waals surface area contributed by atoms with Gasteiger partial charge in [0.2, 0.25) is 10.0 Å². The molecule has 21 heavy (non-hydrogen) atoms. The number of hydrogen-bond acceptors (Lipinski definition) is 4. The van der Waals surface area contributed by atoms with Gasteiger partial charge in [0.05, 0.1) is 16.5 Å². The van der Waals surface area contributed by atoms with Gasteiger partial charge in [-0.1, -0.05) is 30.7 Å². The lowest BCUT2D eigenvalue weighted by molar-refractivity contribution is 0.384. The summed E-state index contributed by atoms with van der Waals surface area (Å²) in [5.74, 6) is 0.160. The molecule has 5 nitrogen and oxygen atoms in total. The van der Waals surface area contributed by atoms with Crippen molar-refractivity contribution in [2.45, 2.75) is 6.92 Å². The second kappa shape index (κ2) is 7.45. The van der Waals surface area contributed by atoms with Crippen molar-refractivity contribution in [2.24, 2.45) is 0 Å². The highest BCUT2D eigenvalue weighted by atomic mass is 35.5. The Labute approximate surface area is 131 Å². The fourth-order valence-electron chi connectivity index (χ4n) is 2.42. The first-order valence-electron chi connectivity index (χ1n) is 7.22. The number of para-hydroxylation sites is 1. The molecule has 0 amide bonds. The molecule has 0 aromatic heterocycles. The van der Waals surface area contributed by atoms with Gasteiger partial charge in [0.25, 0.3) is 0 Å². The summed E-state index contributed by atoms with van der Waals surface area (Å²) in [5, 5.41) is 3.76. The van der Waals surface area contributed by atoms with Crippen LogP contribution in [0.2, 0.25) is 5.02 Å². The minimum Gasteiger partial charge on any atom is -0.368 e. The Kier molecular flexibility index (Phi) is 5.87. The number of anilines is 1. The zero-order valence-electron chi connectivity index (χ0n) is 12.3. The molecule has 0 aliphatic carbocycles. The first-order chi connectivity index (χ1) is 10.0. The van der Waals surface area contributed by atoms with Crippen molar-refractivity contribution in [3.63, 3.8) is 0 Å². The lowest BCUT2D eigenvalue weighted by Gasteiger charge is -2.35. The number of benzene rings is 1. The van der Waals surface area contributed by atoms with Crippen molar-refractivity contribution in [2.75, 3.05) is 49.9 Å². The summed E-state index contributed by atoms with van der Waals surface area (Å²) < 4.78 is 26.0. The van der Waals surface area contributed by atoms with Gasteiger partial charge in [-0.3, -0.25) is 0 Å². The first kappa shape index (κ1) is 16.5. The molecule has 0 unspecified atom stereocenters. The Balaban J connectivity index is 1.93. The second-order valence-corrected chi connectivity index (χ2v) is 7.50. The van der Waals surface area contributed by atoms with Gasteiger partial charge >= 0.3 is 0 Å². The van der Waals surface area contributed by atoms with Gasteiger partial charge in [-0.15, -0.1) is 0 Å². The summed E-state index contributed by atoms with van der Waals surface area (Å²) in [6.07, 6.45) is 0. The molecule has 1 fully saturated rings. The van der Waals surface area contributed by atoms with E-state index >= 15 is 0 Å². The molecule has 1 aromatic rings. The Bertz CT molecular complexity index is 557. The molecule has 0 saturated carbocycles. The fourth-order valence-corrected chi connectivity index (χ4v) is 4.06. The SMILES string of the molecule is CCNCCS(=O)(=O)N1CCN(c2ccccc2Cl)CC1. The van der Waals surface area contributed by atoms with Crippen LogP contribution in [0.1, 0.15) is 6.92 Å². The average Bonchev–Trinajstić information content (AvgIpc) is 2.48. The summed E-state index contributed by atoms with van der Waals surface area (Å²) in [6.45, 7) is 5.63. The highest BCUT2D eigenvalue weighted by Gasteiger charge is 2.27. The van der Waals surface area contributed by atoms with E-state index in [1.165, 1.54) is 0 Å². The van der Waals surface area contributed by atoms with Crippen molar-refractivity contribution in [1.82, 2.24) is 9.62 Å². The standard InChI is InChI=1S/C14H22ClN3O2S/c1-2-16-7-12-21(19,20)18-10-8-17(9-11-18)14-6-4-3-5-13(14)15/h3-6,16H,2,7-12H2,1H3. The maximum absolute atomic E-state index is 12.2. The fraction of sp³-hybridized carbons (Fsp3) is 0.571. The van der Waals surface area contributed by atoms with E-state index in [2.05, 4.69) is 10.2 Å². The molecule has 0 radical (unpaired) electrons. The summed E-state index contributed by atoms with van der Waals surface area (Å²) in [7, 11) is -3.16. The molecule has 118 valence electrons. The molecular formula is C14H22ClN3O2S. The molecule has 0 spiro atoms. The number of hydrogen-bond donors (Lipinski definition) is 1. The van der Waals surface area contributed by atoms with Gasteiger partial charge in [0, 0.05) is 32.7 Å². The summed E-state index contributed by atoms with van der Waals surface area (Å²) in [4.78, 5) is 2.14. The average molecular weight is 332 g/mol. The van der Waals surface area contributed by atoms with Crippen LogP contribution in [-0.4, -0.2) is 57.7 Å². The lowest BCUT2D eigenvalue weighted by Crippen LogP contribution is -2.50. The Morgan fingerprint density at radius 1 is 1.19 bits per heavy atom. The lowest BCUT2D eigenvalue weighted by atomic mass is 10.2. The van der Waals surface area contributed by atoms with Crippen LogP contribution in [0.25, 0.3) is 0 Å². The van der Waals surface area contributed by atoms with E-state index in [4.69, 9.17) is 11.6 Å². The summed E-state index contributed by atoms with van der Waals surface area (Å²) in [6, 6.07) is 7.67. The van der Waals surface area contributed by atoms with Crippen LogP contribution in [0.5, 0.6) is 0 Å². The molecule has 1 saturated heterocycles. The van der Waals surface area contributed by atoms with Crippen LogP contribution in [0.4, 0.5) is 5.69 Å². The van der Waals surface area contributed by atoms with E-state index in [1.807, 2.05) is 31.2 Å². The van der Waals surface area contributed by atoms with E-state index in [1.54, 1.807) is 4.31 Å². The van der Waals surface area contributed by atoms with Crippen LogP contribution in [0.3, 0.4) is 0 Å². The van der Waals surface area contributed by atoms with Crippen molar-refractivity contribution in [1.29, 1.82) is 0 Å². The van der Waals surface area contributed by atoms with Crippen LogP contribution in [0.15, 0.2) is 24.3 Å². The smallest absolute Gasteiger partial charge is 0.215 e. The largest absolute Gasteiger partial charge is 0.368 e. The third-order valence-corrected chi connectivity index (χ3v) is 5.80. The molecule has 2 rings (SSSR count). The number of nitrogens with zero attached hydrogens (tertiary/aromatic N) is 2. The number of piperazine rings is 1. The monoisotopic (exact) mass is 331 g/mol. The highest BCUT2D eigenvalue weighted by molar-refractivity contribution is 7.89. The Hall–Kier alpha value is -0.820. The molecule has 1 aliphatic rings. The molecule has 1 aromatic carbocycles. The minimum atomic E-state index is -3.16. The molecule has 1 N–H and O–H groups in total. The third-order valence-electron chi connectivity index (χ3n) is 3.61. The zero-order valence-corrected chi connectivity index (χ0v) is 13.8. The van der Waals surface area contributed by atoms with E-state index in [0.717, 1.165) is 12.2 Å². The number of nitrogens with one attached hydrogen (secondary N) is 1. The maximum atomic E-state index is 12.2. The van der Waals surface area contributed by atoms with Gasteiger partial charge < -0.3 is 10.2 Å². The van der Waals surface area contributed by atoms with Gasteiger partial charge in [-0.2, -0.15) is 4.31 Å². The topological polar surface area (TPSA) is 52.7 Å². The molecular weight excluding hydrogens is 310 g/mol. The van der Waals surface area contributed by atoms with E-state index in [9.17, 15) is 8.42 Å². The quantitative estimate of drug-likeness (QED) is 0.801. The number of halogens is 1. The van der Waals surface area contributed by atoms with Crippen LogP contribution in [0, 0.1) is 0 Å². The predicted octanol–water partition coefficient (Wildman–Crippen LogP) is 1.40. The molecule has 1 aliphatic heterocycles. The van der Waals surface area contributed by atoms with E-state index in [-0.39, 0.29) is 5.75 Å². The number of rotatable bonds is 6. The number of sulfonamides is 1. The van der Waals surface area contributed by atoms with Crippen molar-refractivity contribution in [3.05, 3.63) is 29.3 Å². The van der Waals surface area contributed by atoms with Crippen molar-refractivity contribution < 1.29 is 8.42 Å². The summed E-state index contributed by atoms with van der Waals surface area (Å²) in [5.41, 5.74) is 0.976. The normalized spacial score (nSPS) is 17.1. The first-order valence-corrected chi connectivity index (χ1v) is 9.21. The van der Waals surface area contributed by atoms with Gasteiger partial charge in [0.15, 0.2) is 0 Å². The Morgan fingerprint density at radius 2 is 1.86 bits per heavy atom. The molecule has 7 heteroatoms. The molecule has 1 heterocycles. The van der Waals surface area contributed by atoms with Crippen LogP contribution in [-0.2, 0) is 10.0 Å². The predicted molar refractivity (Wildman–Crippen MR) is 87.6 cm³/mol. The van der Waals surface area contributed by atoms with Crippen molar-refractivity contribution in [3.8, 4) is 0 Å². The van der Waals surface area contributed by atoms with Gasteiger partial charge in [0.1, 0.15) is 0 Å². The zero-order chi connectivity index (χ0) is 15.3.